The van der Waals surface area contributed by atoms with E-state index in [1.165, 1.54) is 21.3 Å². The molecule has 31 heavy (non-hydrogen) atoms. The van der Waals surface area contributed by atoms with Gasteiger partial charge in [-0.05, 0) is 6.07 Å². The van der Waals surface area contributed by atoms with Crippen LogP contribution in [-0.2, 0) is 19.1 Å². The molecule has 1 aromatic carbocycles. The average Bonchev–Trinajstić information content (AvgIpc) is 3.08. The Morgan fingerprint density at radius 2 is 1.97 bits per heavy atom. The molecular formula is C20H20N4O6S. The fourth-order valence-electron chi connectivity index (χ4n) is 3.53. The van der Waals surface area contributed by atoms with Crippen LogP contribution in [0.2, 0.25) is 0 Å². The van der Waals surface area contributed by atoms with E-state index in [4.69, 9.17) is 20.9 Å². The maximum Gasteiger partial charge on any atom is 0.307 e. The van der Waals surface area contributed by atoms with E-state index in [1.54, 1.807) is 18.2 Å². The summed E-state index contributed by atoms with van der Waals surface area (Å²) in [6.45, 7) is 0. The van der Waals surface area contributed by atoms with Crippen LogP contribution in [0.25, 0.3) is 0 Å². The van der Waals surface area contributed by atoms with Gasteiger partial charge in [-0.1, -0.05) is 17.8 Å². The van der Waals surface area contributed by atoms with E-state index in [2.05, 4.69) is 4.74 Å². The van der Waals surface area contributed by atoms with Crippen molar-refractivity contribution in [2.45, 2.75) is 17.6 Å². The van der Waals surface area contributed by atoms with Gasteiger partial charge < -0.3 is 25.7 Å². The Balaban J connectivity index is 2.23. The molecule has 3 rings (SSSR count). The van der Waals surface area contributed by atoms with Crippen LogP contribution >= 0.6 is 11.8 Å². The maximum atomic E-state index is 12.9. The third-order valence-corrected chi connectivity index (χ3v) is 6.27. The van der Waals surface area contributed by atoms with E-state index in [-0.39, 0.29) is 28.4 Å². The summed E-state index contributed by atoms with van der Waals surface area (Å²) in [6.07, 6.45) is -0.224. The van der Waals surface area contributed by atoms with E-state index in [0.717, 1.165) is 16.7 Å². The number of allylic oxidation sites excluding steroid dienone is 1. The van der Waals surface area contributed by atoms with Crippen molar-refractivity contribution in [1.29, 1.82) is 5.26 Å². The second-order valence-electron chi connectivity index (χ2n) is 6.60. The summed E-state index contributed by atoms with van der Waals surface area (Å²) in [5.41, 5.74) is 12.3. The van der Waals surface area contributed by atoms with Crippen LogP contribution in [0.3, 0.4) is 0 Å². The largest absolute Gasteiger partial charge is 0.497 e. The predicted molar refractivity (Wildman–Crippen MR) is 110 cm³/mol. The molecule has 2 aliphatic rings. The first kappa shape index (κ1) is 22.0. The van der Waals surface area contributed by atoms with Gasteiger partial charge in [0.25, 0.3) is 0 Å². The molecule has 10 nitrogen and oxygen atoms in total. The number of carbonyl (C=O) groups excluding carboxylic acids is 3. The van der Waals surface area contributed by atoms with Gasteiger partial charge in [-0.3, -0.25) is 19.3 Å². The van der Waals surface area contributed by atoms with Gasteiger partial charge in [0, 0.05) is 11.6 Å². The smallest absolute Gasteiger partial charge is 0.307 e. The van der Waals surface area contributed by atoms with Crippen LogP contribution in [0, 0.1) is 11.3 Å². The minimum atomic E-state index is -0.966. The first-order valence-electron chi connectivity index (χ1n) is 9.02. The molecule has 0 saturated carbocycles. The van der Waals surface area contributed by atoms with E-state index >= 15 is 0 Å². The summed E-state index contributed by atoms with van der Waals surface area (Å²) in [5, 5.41) is 9.18. The number of rotatable bonds is 6. The summed E-state index contributed by atoms with van der Waals surface area (Å²) in [6, 6.07) is 6.88. The number of thioether (sulfide) groups is 1. The Hall–Kier alpha value is -3.65. The second-order valence-corrected chi connectivity index (χ2v) is 7.79. The van der Waals surface area contributed by atoms with E-state index in [1.807, 2.05) is 6.07 Å². The molecule has 2 amide bonds. The number of ether oxygens (including phenoxy) is 3. The number of fused-ring (bicyclic) bond motifs is 1. The predicted octanol–water partition coefficient (Wildman–Crippen LogP) is 0.699. The van der Waals surface area contributed by atoms with E-state index in [0.29, 0.717) is 17.1 Å². The quantitative estimate of drug-likeness (QED) is 0.602. The number of carbonyl (C=O) groups is 3. The SMILES string of the molecule is COC(=O)C[C@@H]1SC2=C(C(N)=O)[C@@H](c3ccc(OC)cc3OC)C(C#N)=C(N)N2C1=O. The van der Waals surface area contributed by atoms with Crippen LogP contribution in [0.1, 0.15) is 17.9 Å². The van der Waals surface area contributed by atoms with Crippen LogP contribution in [0.4, 0.5) is 0 Å². The standard InChI is InChI=1S/C20H20N4O6S/c1-28-9-4-5-10(12(6-9)29-2)15-11(8-21)17(22)24-19(27)13(7-14(25)30-3)31-20(24)16(15)18(23)26/h4-6,13,15H,7,22H2,1-3H3,(H2,23,26)/t13-,15-/m0/s1. The Labute approximate surface area is 182 Å². The summed E-state index contributed by atoms with van der Waals surface area (Å²) in [4.78, 5) is 38.3. The Morgan fingerprint density at radius 1 is 1.26 bits per heavy atom. The highest BCUT2D eigenvalue weighted by molar-refractivity contribution is 8.04. The zero-order valence-electron chi connectivity index (χ0n) is 17.0. The van der Waals surface area contributed by atoms with Crippen molar-refractivity contribution in [3.8, 4) is 17.6 Å². The molecule has 1 saturated heterocycles. The number of hydrogen-bond donors (Lipinski definition) is 2. The van der Waals surface area contributed by atoms with E-state index < -0.39 is 29.0 Å². The number of esters is 1. The Bertz CT molecular complexity index is 1070. The Kier molecular flexibility index (Phi) is 6.12. The molecule has 0 radical (unpaired) electrons. The fourth-order valence-corrected chi connectivity index (χ4v) is 4.87. The molecule has 0 unspecified atom stereocenters. The molecule has 2 aliphatic heterocycles. The number of benzene rings is 1. The lowest BCUT2D eigenvalue weighted by atomic mass is 9.82. The van der Waals surface area contributed by atoms with Gasteiger partial charge in [-0.15, -0.1) is 0 Å². The number of methoxy groups -OCH3 is 3. The lowest BCUT2D eigenvalue weighted by molar-refractivity contribution is -0.142. The van der Waals surface area contributed by atoms with Crippen molar-refractivity contribution < 1.29 is 28.6 Å². The minimum Gasteiger partial charge on any atom is -0.497 e. The molecule has 162 valence electrons. The summed E-state index contributed by atoms with van der Waals surface area (Å²) >= 11 is 0.984. The minimum absolute atomic E-state index is 0.0138. The topological polar surface area (TPSA) is 158 Å². The third kappa shape index (κ3) is 3.66. The summed E-state index contributed by atoms with van der Waals surface area (Å²) in [5.74, 6) is -2.20. The van der Waals surface area contributed by atoms with Gasteiger partial charge in [-0.25, -0.2) is 0 Å². The maximum absolute atomic E-state index is 12.9. The van der Waals surface area contributed by atoms with Gasteiger partial charge in [0.2, 0.25) is 11.8 Å². The number of primary amides is 1. The molecule has 11 heteroatoms. The van der Waals surface area contributed by atoms with Crippen molar-refractivity contribution >= 4 is 29.5 Å². The first-order valence-corrected chi connectivity index (χ1v) is 9.90. The van der Waals surface area contributed by atoms with Gasteiger partial charge in [0.15, 0.2) is 0 Å². The number of amides is 2. The first-order chi connectivity index (χ1) is 14.8. The molecule has 1 fully saturated rings. The molecule has 1 aromatic rings. The number of nitrogens with two attached hydrogens (primary N) is 2. The lowest BCUT2D eigenvalue weighted by Gasteiger charge is -2.32. The highest BCUT2D eigenvalue weighted by Crippen LogP contribution is 2.51. The number of nitriles is 1. The van der Waals surface area contributed by atoms with Crippen LogP contribution in [0.15, 0.2) is 40.2 Å². The molecule has 0 spiro atoms. The van der Waals surface area contributed by atoms with Crippen molar-refractivity contribution in [1.82, 2.24) is 4.90 Å². The molecule has 0 aliphatic carbocycles. The normalized spacial score (nSPS) is 20.3. The number of nitrogens with zero attached hydrogens (tertiary/aromatic N) is 2. The van der Waals surface area contributed by atoms with Crippen molar-refractivity contribution in [3.63, 3.8) is 0 Å². The van der Waals surface area contributed by atoms with Crippen LogP contribution in [-0.4, -0.2) is 49.3 Å². The molecule has 0 bridgehead atoms. The van der Waals surface area contributed by atoms with Gasteiger partial charge in [0.1, 0.15) is 22.6 Å². The second kappa shape index (κ2) is 8.61. The molecular weight excluding hydrogens is 424 g/mol. The van der Waals surface area contributed by atoms with Gasteiger partial charge >= 0.3 is 5.97 Å². The van der Waals surface area contributed by atoms with Gasteiger partial charge in [0.05, 0.1) is 55.9 Å². The molecule has 2 atom stereocenters. The average molecular weight is 444 g/mol. The number of hydrogen-bond acceptors (Lipinski definition) is 9. The highest BCUT2D eigenvalue weighted by Gasteiger charge is 2.48. The lowest BCUT2D eigenvalue weighted by Crippen LogP contribution is -2.39. The van der Waals surface area contributed by atoms with Crippen LogP contribution in [0.5, 0.6) is 11.5 Å². The van der Waals surface area contributed by atoms with E-state index in [9.17, 15) is 19.6 Å². The van der Waals surface area contributed by atoms with Crippen molar-refractivity contribution in [2.24, 2.45) is 11.5 Å². The van der Waals surface area contributed by atoms with Crippen molar-refractivity contribution in [3.05, 3.63) is 45.8 Å². The van der Waals surface area contributed by atoms with Crippen molar-refractivity contribution in [2.75, 3.05) is 21.3 Å². The molecule has 4 N–H and O–H groups in total. The fraction of sp³-hybridized carbons (Fsp3) is 0.300. The van der Waals surface area contributed by atoms with Crippen LogP contribution < -0.4 is 20.9 Å². The van der Waals surface area contributed by atoms with Gasteiger partial charge in [-0.2, -0.15) is 5.26 Å². The summed E-state index contributed by atoms with van der Waals surface area (Å²) in [7, 11) is 4.14. The Morgan fingerprint density at radius 3 is 2.52 bits per heavy atom. The third-order valence-electron chi connectivity index (χ3n) is 4.99. The molecule has 0 aromatic heterocycles. The monoisotopic (exact) mass is 444 g/mol. The summed E-state index contributed by atoms with van der Waals surface area (Å²) < 4.78 is 15.3. The highest BCUT2D eigenvalue weighted by atomic mass is 32.2. The molecule has 2 heterocycles. The zero-order valence-corrected chi connectivity index (χ0v) is 17.8. The zero-order chi connectivity index (χ0) is 22.9.